The van der Waals surface area contributed by atoms with E-state index in [9.17, 15) is 9.59 Å². The molecule has 0 rings (SSSR count). The minimum absolute atomic E-state index is 0.0901. The minimum atomic E-state index is -0.351. The van der Waals surface area contributed by atoms with E-state index in [-0.39, 0.29) is 24.8 Å². The van der Waals surface area contributed by atoms with Crippen LogP contribution in [0.5, 0.6) is 0 Å². The summed E-state index contributed by atoms with van der Waals surface area (Å²) in [6.45, 7) is 8.65. The fourth-order valence-electron chi connectivity index (χ4n) is 2.29. The summed E-state index contributed by atoms with van der Waals surface area (Å²) in [6.07, 6.45) is 12.0. The van der Waals surface area contributed by atoms with E-state index in [1.807, 2.05) is 6.92 Å². The lowest BCUT2D eigenvalue weighted by atomic mass is 10.1. The highest BCUT2D eigenvalue weighted by Crippen LogP contribution is 2.09. The van der Waals surface area contributed by atoms with Crippen molar-refractivity contribution >= 4 is 11.9 Å². The van der Waals surface area contributed by atoms with Crippen LogP contribution in [-0.4, -0.2) is 25.2 Å². The molecule has 0 aliphatic carbocycles. The highest BCUT2D eigenvalue weighted by molar-refractivity contribution is 5.77. The van der Waals surface area contributed by atoms with E-state index in [2.05, 4.69) is 13.5 Å². The second-order valence-corrected chi connectivity index (χ2v) is 6.48. The summed E-state index contributed by atoms with van der Waals surface area (Å²) in [5, 5.41) is 0. The number of unbranched alkanes of at least 4 members (excludes halogenated alkanes) is 8. The summed E-state index contributed by atoms with van der Waals surface area (Å²) in [5.41, 5.74) is 0.975. The van der Waals surface area contributed by atoms with E-state index in [1.165, 1.54) is 44.9 Å². The first-order chi connectivity index (χ1) is 11.6. The van der Waals surface area contributed by atoms with Crippen LogP contribution in [0.2, 0.25) is 0 Å². The molecule has 0 heterocycles. The molecule has 140 valence electrons. The van der Waals surface area contributed by atoms with Crippen molar-refractivity contribution in [2.24, 2.45) is 0 Å². The Balaban J connectivity index is 3.34. The third-order valence-corrected chi connectivity index (χ3v) is 3.84. The number of ether oxygens (including phenoxy) is 2. The largest absolute Gasteiger partial charge is 0.466 e. The van der Waals surface area contributed by atoms with Crippen molar-refractivity contribution in [3.05, 3.63) is 12.2 Å². The molecule has 0 spiro atoms. The molecule has 0 aromatic carbocycles. The van der Waals surface area contributed by atoms with E-state index in [1.54, 1.807) is 0 Å². The molecule has 4 heteroatoms. The Morgan fingerprint density at radius 1 is 0.708 bits per heavy atom. The number of carbonyl (C=O) groups excluding carboxylic acids is 2. The molecule has 0 atom stereocenters. The summed E-state index contributed by atoms with van der Waals surface area (Å²) in [4.78, 5) is 22.9. The van der Waals surface area contributed by atoms with Crippen molar-refractivity contribution in [1.82, 2.24) is 0 Å². The van der Waals surface area contributed by atoms with E-state index < -0.39 is 0 Å². The first-order valence-electron chi connectivity index (χ1n) is 9.52. The highest BCUT2D eigenvalue weighted by atomic mass is 16.5. The van der Waals surface area contributed by atoms with Crippen LogP contribution >= 0.6 is 0 Å². The lowest BCUT2D eigenvalue weighted by Crippen LogP contribution is -2.11. The van der Waals surface area contributed by atoms with Crippen LogP contribution in [-0.2, 0) is 19.1 Å². The number of esters is 2. The van der Waals surface area contributed by atoms with Crippen LogP contribution in [0.25, 0.3) is 0 Å². The molecule has 0 saturated carbocycles. The molecule has 0 aliphatic rings. The number of carbonyl (C=O) groups is 2. The van der Waals surface area contributed by atoms with Gasteiger partial charge in [0.15, 0.2) is 0 Å². The number of hydrogen-bond acceptors (Lipinski definition) is 4. The molecule has 0 aliphatic heterocycles. The van der Waals surface area contributed by atoms with Crippen molar-refractivity contribution in [1.29, 1.82) is 0 Å². The van der Waals surface area contributed by atoms with E-state index in [0.717, 1.165) is 18.4 Å². The maximum atomic E-state index is 11.5. The van der Waals surface area contributed by atoms with E-state index in [0.29, 0.717) is 19.6 Å². The van der Waals surface area contributed by atoms with Gasteiger partial charge in [0.2, 0.25) is 0 Å². The van der Waals surface area contributed by atoms with Gasteiger partial charge in [0.05, 0.1) is 26.1 Å². The van der Waals surface area contributed by atoms with Crippen molar-refractivity contribution in [2.75, 3.05) is 13.2 Å². The van der Waals surface area contributed by atoms with Gasteiger partial charge in [-0.25, -0.2) is 0 Å². The molecular formula is C20H36O4. The lowest BCUT2D eigenvalue weighted by Gasteiger charge is -2.06. The second kappa shape index (κ2) is 16.5. The molecule has 0 bridgehead atoms. The van der Waals surface area contributed by atoms with Crippen LogP contribution < -0.4 is 0 Å². The zero-order valence-electron chi connectivity index (χ0n) is 15.7. The summed E-state index contributed by atoms with van der Waals surface area (Å²) in [6, 6.07) is 0. The number of hydrogen-bond donors (Lipinski definition) is 0. The van der Waals surface area contributed by atoms with Crippen molar-refractivity contribution in [3.8, 4) is 0 Å². The molecule has 0 fully saturated rings. The van der Waals surface area contributed by atoms with Gasteiger partial charge in [0.25, 0.3) is 0 Å². The van der Waals surface area contributed by atoms with Gasteiger partial charge in [0.1, 0.15) is 0 Å². The van der Waals surface area contributed by atoms with Gasteiger partial charge in [-0.3, -0.25) is 9.59 Å². The minimum Gasteiger partial charge on any atom is -0.466 e. The van der Waals surface area contributed by atoms with Crippen LogP contribution in [0.15, 0.2) is 12.2 Å². The Morgan fingerprint density at radius 2 is 1.17 bits per heavy atom. The fraction of sp³-hybridized carbons (Fsp3) is 0.800. The molecule has 0 radical (unpaired) electrons. The molecule has 4 nitrogen and oxygen atoms in total. The van der Waals surface area contributed by atoms with Crippen molar-refractivity contribution < 1.29 is 19.1 Å². The lowest BCUT2D eigenvalue weighted by molar-refractivity contribution is -0.150. The predicted octanol–water partition coefficient (Wildman–Crippen LogP) is 5.35. The average molecular weight is 341 g/mol. The molecule has 0 saturated heterocycles. The summed E-state index contributed by atoms with van der Waals surface area (Å²) < 4.78 is 10.1. The topological polar surface area (TPSA) is 52.6 Å². The van der Waals surface area contributed by atoms with Gasteiger partial charge in [-0.2, -0.15) is 0 Å². The molecule has 0 unspecified atom stereocenters. The Bertz CT molecular complexity index is 350. The van der Waals surface area contributed by atoms with Crippen molar-refractivity contribution in [3.63, 3.8) is 0 Å². The summed E-state index contributed by atoms with van der Waals surface area (Å²) in [7, 11) is 0. The van der Waals surface area contributed by atoms with Gasteiger partial charge >= 0.3 is 11.9 Å². The molecule has 24 heavy (non-hydrogen) atoms. The zero-order chi connectivity index (χ0) is 18.0. The molecule has 0 amide bonds. The summed E-state index contributed by atoms with van der Waals surface area (Å²) >= 11 is 0. The normalized spacial score (nSPS) is 10.4. The second-order valence-electron chi connectivity index (χ2n) is 6.48. The van der Waals surface area contributed by atoms with Crippen LogP contribution in [0.1, 0.15) is 90.9 Å². The molecule has 0 N–H and O–H groups in total. The average Bonchev–Trinajstić information content (AvgIpc) is 2.54. The maximum absolute atomic E-state index is 11.5. The first kappa shape index (κ1) is 22.7. The molecule has 0 aromatic rings. The Labute approximate surface area is 148 Å². The third kappa shape index (κ3) is 17.0. The SMILES string of the molecule is C=C(C)CCOC(=O)CCC(=O)OCCCCCCCCCCC. The van der Waals surface area contributed by atoms with Gasteiger partial charge < -0.3 is 9.47 Å². The maximum Gasteiger partial charge on any atom is 0.306 e. The smallest absolute Gasteiger partial charge is 0.306 e. The van der Waals surface area contributed by atoms with Gasteiger partial charge in [-0.15, -0.1) is 6.58 Å². The van der Waals surface area contributed by atoms with Gasteiger partial charge in [-0.1, -0.05) is 63.9 Å². The monoisotopic (exact) mass is 340 g/mol. The van der Waals surface area contributed by atoms with Crippen molar-refractivity contribution in [2.45, 2.75) is 90.9 Å². The Hall–Kier alpha value is -1.32. The van der Waals surface area contributed by atoms with Crippen LogP contribution in [0.3, 0.4) is 0 Å². The Kier molecular flexibility index (Phi) is 15.6. The van der Waals surface area contributed by atoms with Gasteiger partial charge in [0, 0.05) is 6.42 Å². The molecule has 0 aromatic heterocycles. The van der Waals surface area contributed by atoms with E-state index >= 15 is 0 Å². The highest BCUT2D eigenvalue weighted by Gasteiger charge is 2.08. The van der Waals surface area contributed by atoms with Gasteiger partial charge in [-0.05, 0) is 13.3 Å². The third-order valence-electron chi connectivity index (χ3n) is 3.84. The molecular weight excluding hydrogens is 304 g/mol. The van der Waals surface area contributed by atoms with Crippen LogP contribution in [0, 0.1) is 0 Å². The van der Waals surface area contributed by atoms with Crippen LogP contribution in [0.4, 0.5) is 0 Å². The predicted molar refractivity (Wildman–Crippen MR) is 97.8 cm³/mol. The van der Waals surface area contributed by atoms with E-state index in [4.69, 9.17) is 9.47 Å². The standard InChI is InChI=1S/C20H36O4/c1-4-5-6-7-8-9-10-11-12-16-23-19(21)13-14-20(22)24-17-15-18(2)3/h2,4-17H2,1,3H3. The number of rotatable bonds is 16. The first-order valence-corrected chi connectivity index (χ1v) is 9.52. The quantitative estimate of drug-likeness (QED) is 0.216. The zero-order valence-corrected chi connectivity index (χ0v) is 15.7. The summed E-state index contributed by atoms with van der Waals surface area (Å²) in [5.74, 6) is -0.664. The fourth-order valence-corrected chi connectivity index (χ4v) is 2.29. The Morgan fingerprint density at radius 3 is 1.67 bits per heavy atom.